The van der Waals surface area contributed by atoms with Gasteiger partial charge in [-0.1, -0.05) is 36.7 Å². The van der Waals surface area contributed by atoms with Crippen LogP contribution in [-0.4, -0.2) is 31.1 Å². The van der Waals surface area contributed by atoms with Crippen molar-refractivity contribution in [3.63, 3.8) is 0 Å². The van der Waals surface area contributed by atoms with Crippen LogP contribution in [0.25, 0.3) is 0 Å². The molecule has 0 radical (unpaired) electrons. The zero-order valence-electron chi connectivity index (χ0n) is 12.0. The third-order valence-electron chi connectivity index (χ3n) is 4.26. The van der Waals surface area contributed by atoms with E-state index in [4.69, 9.17) is 11.6 Å². The molecule has 0 saturated carbocycles. The summed E-state index contributed by atoms with van der Waals surface area (Å²) in [6.07, 6.45) is 2.59. The number of nitrogens with one attached hydrogen (secondary N) is 1. The first-order valence-corrected chi connectivity index (χ1v) is 7.79. The molecule has 19 heavy (non-hydrogen) atoms. The van der Waals surface area contributed by atoms with E-state index in [-0.39, 0.29) is 0 Å². The molecule has 1 N–H and O–H groups in total. The number of hydrogen-bond donors (Lipinski definition) is 1. The summed E-state index contributed by atoms with van der Waals surface area (Å²) < 4.78 is 0. The Balaban J connectivity index is 2.02. The minimum atomic E-state index is 0.397. The molecule has 1 fully saturated rings. The monoisotopic (exact) mass is 280 g/mol. The standard InChI is InChI=1S/C16H25ClN2/c1-3-19(12-14-8-10-18-11-9-14)13(2)15-6-4-5-7-16(15)17/h4-7,13-14,18H,3,8-12H2,1-2H3. The van der Waals surface area contributed by atoms with Crippen molar-refractivity contribution in [3.05, 3.63) is 34.9 Å². The molecule has 1 aromatic carbocycles. The van der Waals surface area contributed by atoms with Crippen molar-refractivity contribution in [2.45, 2.75) is 32.7 Å². The van der Waals surface area contributed by atoms with E-state index in [1.165, 1.54) is 38.0 Å². The van der Waals surface area contributed by atoms with Gasteiger partial charge < -0.3 is 5.32 Å². The van der Waals surface area contributed by atoms with Crippen LogP contribution < -0.4 is 5.32 Å². The second-order valence-corrected chi connectivity index (χ2v) is 5.89. The van der Waals surface area contributed by atoms with E-state index in [0.29, 0.717) is 6.04 Å². The molecule has 106 valence electrons. The Morgan fingerprint density at radius 3 is 2.63 bits per heavy atom. The predicted molar refractivity (Wildman–Crippen MR) is 82.7 cm³/mol. The van der Waals surface area contributed by atoms with Gasteiger partial charge in [-0.3, -0.25) is 4.90 Å². The minimum absolute atomic E-state index is 0.397. The molecule has 0 aromatic heterocycles. The summed E-state index contributed by atoms with van der Waals surface area (Å²) in [7, 11) is 0. The summed E-state index contributed by atoms with van der Waals surface area (Å²) >= 11 is 6.33. The molecule has 0 amide bonds. The molecule has 2 nitrogen and oxygen atoms in total. The normalized spacial score (nSPS) is 18.7. The van der Waals surface area contributed by atoms with Crippen LogP contribution in [0.2, 0.25) is 5.02 Å². The lowest BCUT2D eigenvalue weighted by Gasteiger charge is -2.34. The molecule has 1 heterocycles. The van der Waals surface area contributed by atoms with Gasteiger partial charge in [0.15, 0.2) is 0 Å². The van der Waals surface area contributed by atoms with Crippen molar-refractivity contribution in [1.29, 1.82) is 0 Å². The quantitative estimate of drug-likeness (QED) is 0.884. The van der Waals surface area contributed by atoms with Crippen molar-refractivity contribution >= 4 is 11.6 Å². The second kappa shape index (κ2) is 7.28. The van der Waals surface area contributed by atoms with Crippen LogP contribution in [0, 0.1) is 5.92 Å². The molecule has 1 saturated heterocycles. The molecule has 1 aliphatic rings. The van der Waals surface area contributed by atoms with Gasteiger partial charge in [-0.25, -0.2) is 0 Å². The molecule has 1 aliphatic heterocycles. The number of nitrogens with zero attached hydrogens (tertiary/aromatic N) is 1. The molecule has 2 rings (SSSR count). The smallest absolute Gasteiger partial charge is 0.0453 e. The van der Waals surface area contributed by atoms with Gasteiger partial charge in [0.2, 0.25) is 0 Å². The summed E-state index contributed by atoms with van der Waals surface area (Å²) in [6, 6.07) is 8.62. The SMILES string of the molecule is CCN(CC1CCNCC1)C(C)c1ccccc1Cl. The third-order valence-corrected chi connectivity index (χ3v) is 4.60. The molecular weight excluding hydrogens is 256 g/mol. The van der Waals surface area contributed by atoms with Crippen LogP contribution in [0.15, 0.2) is 24.3 Å². The lowest BCUT2D eigenvalue weighted by molar-refractivity contribution is 0.169. The third kappa shape index (κ3) is 3.95. The van der Waals surface area contributed by atoms with Gasteiger partial charge in [-0.05, 0) is 56.9 Å². The summed E-state index contributed by atoms with van der Waals surface area (Å²) in [6.45, 7) is 9.12. The van der Waals surface area contributed by atoms with E-state index < -0.39 is 0 Å². The van der Waals surface area contributed by atoms with Crippen molar-refractivity contribution < 1.29 is 0 Å². The van der Waals surface area contributed by atoms with Gasteiger partial charge in [-0.15, -0.1) is 0 Å². The molecule has 3 heteroatoms. The largest absolute Gasteiger partial charge is 0.317 e. The number of halogens is 1. The Morgan fingerprint density at radius 2 is 2.00 bits per heavy atom. The molecule has 0 spiro atoms. The maximum absolute atomic E-state index is 6.33. The first-order chi connectivity index (χ1) is 9.22. The predicted octanol–water partition coefficient (Wildman–Crippen LogP) is 3.72. The van der Waals surface area contributed by atoms with Gasteiger partial charge in [0, 0.05) is 17.6 Å². The second-order valence-electron chi connectivity index (χ2n) is 5.48. The zero-order chi connectivity index (χ0) is 13.7. The Kier molecular flexibility index (Phi) is 5.68. The average Bonchev–Trinajstić information content (AvgIpc) is 2.46. The highest BCUT2D eigenvalue weighted by Crippen LogP contribution is 2.28. The van der Waals surface area contributed by atoms with Crippen molar-refractivity contribution in [1.82, 2.24) is 10.2 Å². The van der Waals surface area contributed by atoms with Crippen LogP contribution in [0.3, 0.4) is 0 Å². The number of rotatable bonds is 5. The summed E-state index contributed by atoms with van der Waals surface area (Å²) in [4.78, 5) is 2.55. The van der Waals surface area contributed by atoms with Gasteiger partial charge in [0.25, 0.3) is 0 Å². The highest BCUT2D eigenvalue weighted by atomic mass is 35.5. The van der Waals surface area contributed by atoms with Crippen molar-refractivity contribution in [2.24, 2.45) is 5.92 Å². The van der Waals surface area contributed by atoms with E-state index >= 15 is 0 Å². The Morgan fingerprint density at radius 1 is 1.32 bits per heavy atom. The molecule has 1 atom stereocenters. The van der Waals surface area contributed by atoms with Crippen LogP contribution in [0.5, 0.6) is 0 Å². The minimum Gasteiger partial charge on any atom is -0.317 e. The molecule has 1 unspecified atom stereocenters. The lowest BCUT2D eigenvalue weighted by Crippen LogP contribution is -2.37. The fourth-order valence-electron chi connectivity index (χ4n) is 2.97. The highest BCUT2D eigenvalue weighted by Gasteiger charge is 2.21. The van der Waals surface area contributed by atoms with Crippen LogP contribution >= 0.6 is 11.6 Å². The molecule has 1 aromatic rings. The lowest BCUT2D eigenvalue weighted by atomic mass is 9.96. The first-order valence-electron chi connectivity index (χ1n) is 7.41. The van der Waals surface area contributed by atoms with Crippen molar-refractivity contribution in [2.75, 3.05) is 26.2 Å². The van der Waals surface area contributed by atoms with E-state index in [2.05, 4.69) is 36.2 Å². The van der Waals surface area contributed by atoms with E-state index in [1.807, 2.05) is 12.1 Å². The first kappa shape index (κ1) is 14.8. The summed E-state index contributed by atoms with van der Waals surface area (Å²) in [5.41, 5.74) is 1.25. The van der Waals surface area contributed by atoms with Gasteiger partial charge in [0.1, 0.15) is 0 Å². The van der Waals surface area contributed by atoms with Crippen molar-refractivity contribution in [3.8, 4) is 0 Å². The Hall–Kier alpha value is -0.570. The fraction of sp³-hybridized carbons (Fsp3) is 0.625. The van der Waals surface area contributed by atoms with Crippen LogP contribution in [0.1, 0.15) is 38.3 Å². The number of hydrogen-bond acceptors (Lipinski definition) is 2. The topological polar surface area (TPSA) is 15.3 Å². The highest BCUT2D eigenvalue weighted by molar-refractivity contribution is 6.31. The molecule has 0 aliphatic carbocycles. The number of benzene rings is 1. The van der Waals surface area contributed by atoms with E-state index in [1.54, 1.807) is 0 Å². The maximum Gasteiger partial charge on any atom is 0.0453 e. The molecular formula is C16H25ClN2. The van der Waals surface area contributed by atoms with Crippen LogP contribution in [-0.2, 0) is 0 Å². The van der Waals surface area contributed by atoms with Gasteiger partial charge in [-0.2, -0.15) is 0 Å². The maximum atomic E-state index is 6.33. The van der Waals surface area contributed by atoms with E-state index in [9.17, 15) is 0 Å². The van der Waals surface area contributed by atoms with Gasteiger partial charge in [0.05, 0.1) is 0 Å². The Bertz CT molecular complexity index is 388. The van der Waals surface area contributed by atoms with Crippen LogP contribution in [0.4, 0.5) is 0 Å². The van der Waals surface area contributed by atoms with E-state index in [0.717, 1.165) is 17.5 Å². The molecule has 0 bridgehead atoms. The number of piperidine rings is 1. The summed E-state index contributed by atoms with van der Waals surface area (Å²) in [5, 5.41) is 4.32. The summed E-state index contributed by atoms with van der Waals surface area (Å²) in [5.74, 6) is 0.825. The average molecular weight is 281 g/mol. The zero-order valence-corrected chi connectivity index (χ0v) is 12.8. The Labute approximate surface area is 122 Å². The fourth-order valence-corrected chi connectivity index (χ4v) is 3.26. The van der Waals surface area contributed by atoms with Gasteiger partial charge >= 0.3 is 0 Å².